The Hall–Kier alpha value is -3.70. The molecular weight excluding hydrogens is 447 g/mol. The summed E-state index contributed by atoms with van der Waals surface area (Å²) in [5.41, 5.74) is 10.5. The average molecular weight is 466 g/mol. The highest BCUT2D eigenvalue weighted by atomic mass is 32.1. The van der Waals surface area contributed by atoms with E-state index < -0.39 is 12.5 Å². The molecule has 2 aliphatic carbocycles. The fraction of sp³-hybridized carbons (Fsp3) is 0.0323. The van der Waals surface area contributed by atoms with Gasteiger partial charge in [0.05, 0.1) is 5.41 Å². The second kappa shape index (κ2) is 6.70. The van der Waals surface area contributed by atoms with Gasteiger partial charge in [-0.05, 0) is 55.4 Å². The van der Waals surface area contributed by atoms with Crippen molar-refractivity contribution < 1.29 is 10.0 Å². The smallest absolute Gasteiger partial charge is 0.423 e. The van der Waals surface area contributed by atoms with E-state index in [1.807, 2.05) is 12.1 Å². The molecule has 0 saturated heterocycles. The lowest BCUT2D eigenvalue weighted by Crippen LogP contribution is -2.29. The summed E-state index contributed by atoms with van der Waals surface area (Å²) < 4.78 is 2.16. The first-order chi connectivity index (χ1) is 17.2. The van der Waals surface area contributed by atoms with Crippen molar-refractivity contribution in [3.8, 4) is 22.3 Å². The fourth-order valence-corrected chi connectivity index (χ4v) is 8.09. The van der Waals surface area contributed by atoms with Gasteiger partial charge in [-0.15, -0.1) is 11.3 Å². The molecule has 0 atom stereocenters. The summed E-state index contributed by atoms with van der Waals surface area (Å²) in [5, 5.41) is 22.5. The molecule has 2 aliphatic rings. The Morgan fingerprint density at radius 3 is 1.66 bits per heavy atom. The molecule has 0 fully saturated rings. The number of rotatable bonds is 1. The topological polar surface area (TPSA) is 40.5 Å². The Bertz CT molecular complexity index is 1790. The maximum absolute atomic E-state index is 10.1. The highest BCUT2D eigenvalue weighted by Gasteiger charge is 2.52. The van der Waals surface area contributed by atoms with Crippen LogP contribution in [0.1, 0.15) is 22.3 Å². The summed E-state index contributed by atoms with van der Waals surface area (Å²) in [6.07, 6.45) is 0. The highest BCUT2D eigenvalue weighted by Crippen LogP contribution is 2.64. The Morgan fingerprint density at radius 1 is 0.514 bits per heavy atom. The van der Waals surface area contributed by atoms with E-state index in [-0.39, 0.29) is 0 Å². The summed E-state index contributed by atoms with van der Waals surface area (Å²) in [6, 6.07) is 36.7. The van der Waals surface area contributed by atoms with Crippen LogP contribution in [0.4, 0.5) is 0 Å². The first-order valence-electron chi connectivity index (χ1n) is 11.9. The van der Waals surface area contributed by atoms with Crippen LogP contribution >= 0.6 is 11.3 Å². The monoisotopic (exact) mass is 466 g/mol. The molecule has 2 N–H and O–H groups in total. The van der Waals surface area contributed by atoms with E-state index >= 15 is 0 Å². The fourth-order valence-electron chi connectivity index (χ4n) is 6.66. The Kier molecular flexibility index (Phi) is 3.75. The molecule has 2 nitrogen and oxygen atoms in total. The van der Waals surface area contributed by atoms with Gasteiger partial charge < -0.3 is 10.0 Å². The van der Waals surface area contributed by atoms with Gasteiger partial charge in [-0.1, -0.05) is 103 Å². The number of hydrogen-bond acceptors (Lipinski definition) is 3. The summed E-state index contributed by atoms with van der Waals surface area (Å²) in [4.78, 5) is 0. The first-order valence-corrected chi connectivity index (χ1v) is 12.7. The molecule has 1 aromatic heterocycles. The zero-order valence-corrected chi connectivity index (χ0v) is 19.5. The molecule has 0 saturated carbocycles. The van der Waals surface area contributed by atoms with Gasteiger partial charge in [0.1, 0.15) is 0 Å². The molecule has 4 heteroatoms. The van der Waals surface area contributed by atoms with E-state index in [1.165, 1.54) is 54.6 Å². The molecule has 164 valence electrons. The molecule has 0 radical (unpaired) electrons. The molecule has 0 unspecified atom stereocenters. The van der Waals surface area contributed by atoms with Crippen molar-refractivity contribution >= 4 is 44.1 Å². The van der Waals surface area contributed by atoms with Gasteiger partial charge >= 0.3 is 7.12 Å². The molecule has 0 amide bonds. The quantitative estimate of drug-likeness (QED) is 0.288. The van der Waals surface area contributed by atoms with Gasteiger partial charge in [0.15, 0.2) is 0 Å². The predicted molar refractivity (Wildman–Crippen MR) is 145 cm³/mol. The van der Waals surface area contributed by atoms with E-state index in [9.17, 15) is 10.0 Å². The maximum Gasteiger partial charge on any atom is 0.489 e. The predicted octanol–water partition coefficient (Wildman–Crippen LogP) is 6.08. The minimum atomic E-state index is -1.50. The van der Waals surface area contributed by atoms with Crippen molar-refractivity contribution in [1.82, 2.24) is 0 Å². The van der Waals surface area contributed by atoms with E-state index in [0.717, 1.165) is 10.1 Å². The lowest BCUT2D eigenvalue weighted by atomic mass is 9.70. The molecule has 0 bridgehead atoms. The van der Waals surface area contributed by atoms with Crippen molar-refractivity contribution in [2.45, 2.75) is 5.41 Å². The minimum absolute atomic E-state index is 0.405. The molecule has 35 heavy (non-hydrogen) atoms. The molecule has 8 rings (SSSR count). The standard InChI is InChI=1S/C31H19BO2S/c33-32(34)27-15-7-11-22-23-17-16-21-20-10-3-6-14-26(20)31(28(21)30(23)35-29(22)27)24-12-4-1-8-18(24)19-9-2-5-13-25(19)31/h1-17,33-34H. The van der Waals surface area contributed by atoms with E-state index in [0.29, 0.717) is 5.46 Å². The number of hydrogen-bond donors (Lipinski definition) is 2. The van der Waals surface area contributed by atoms with Crippen LogP contribution in [0, 0.1) is 0 Å². The average Bonchev–Trinajstić information content (AvgIpc) is 3.52. The van der Waals surface area contributed by atoms with Crippen LogP contribution in [0.3, 0.4) is 0 Å². The Labute approximate surface area is 206 Å². The molecule has 1 heterocycles. The lowest BCUT2D eigenvalue weighted by Gasteiger charge is -2.30. The van der Waals surface area contributed by atoms with Gasteiger partial charge in [0.25, 0.3) is 0 Å². The third-order valence-electron chi connectivity index (χ3n) is 7.92. The SMILES string of the molecule is OB(O)c1cccc2c1sc1c3c(ccc12)-c1ccccc1C31c2ccccc2-c2ccccc21. The lowest BCUT2D eigenvalue weighted by molar-refractivity contribution is 0.426. The van der Waals surface area contributed by atoms with Crippen LogP contribution in [0.25, 0.3) is 42.4 Å². The van der Waals surface area contributed by atoms with Crippen LogP contribution in [-0.2, 0) is 5.41 Å². The van der Waals surface area contributed by atoms with Gasteiger partial charge in [0.2, 0.25) is 0 Å². The summed E-state index contributed by atoms with van der Waals surface area (Å²) in [5.74, 6) is 0. The highest BCUT2D eigenvalue weighted by molar-refractivity contribution is 7.27. The third kappa shape index (κ3) is 2.23. The van der Waals surface area contributed by atoms with Crippen molar-refractivity contribution in [3.05, 3.63) is 125 Å². The summed E-state index contributed by atoms with van der Waals surface area (Å²) in [6.45, 7) is 0. The van der Waals surface area contributed by atoms with Crippen molar-refractivity contribution in [3.63, 3.8) is 0 Å². The first kappa shape index (κ1) is 19.6. The zero-order chi connectivity index (χ0) is 23.3. The normalized spacial score (nSPS) is 14.2. The maximum atomic E-state index is 10.1. The van der Waals surface area contributed by atoms with Gasteiger partial charge in [0, 0.05) is 14.8 Å². The Balaban J connectivity index is 1.63. The molecule has 5 aromatic carbocycles. The number of fused-ring (bicyclic) bond motifs is 14. The van der Waals surface area contributed by atoms with Crippen LogP contribution < -0.4 is 5.46 Å². The van der Waals surface area contributed by atoms with Gasteiger partial charge in [-0.2, -0.15) is 0 Å². The number of benzene rings is 5. The molecule has 1 spiro atoms. The van der Waals surface area contributed by atoms with Crippen molar-refractivity contribution in [1.29, 1.82) is 0 Å². The van der Waals surface area contributed by atoms with Crippen molar-refractivity contribution in [2.24, 2.45) is 0 Å². The van der Waals surface area contributed by atoms with Gasteiger partial charge in [-0.3, -0.25) is 0 Å². The second-order valence-electron chi connectivity index (χ2n) is 9.45. The summed E-state index contributed by atoms with van der Waals surface area (Å²) >= 11 is 1.68. The largest absolute Gasteiger partial charge is 0.489 e. The second-order valence-corrected chi connectivity index (χ2v) is 10.5. The van der Waals surface area contributed by atoms with E-state index in [4.69, 9.17) is 0 Å². The van der Waals surface area contributed by atoms with Crippen LogP contribution in [0.2, 0.25) is 0 Å². The summed E-state index contributed by atoms with van der Waals surface area (Å²) in [7, 11) is -1.50. The minimum Gasteiger partial charge on any atom is -0.423 e. The zero-order valence-electron chi connectivity index (χ0n) is 18.7. The van der Waals surface area contributed by atoms with E-state index in [1.54, 1.807) is 11.3 Å². The molecular formula is C31H19BO2S. The molecule has 0 aliphatic heterocycles. The third-order valence-corrected chi connectivity index (χ3v) is 9.21. The van der Waals surface area contributed by atoms with Crippen LogP contribution in [-0.4, -0.2) is 17.2 Å². The van der Waals surface area contributed by atoms with E-state index in [2.05, 4.69) is 91.0 Å². The molecule has 6 aromatic rings. The van der Waals surface area contributed by atoms with Crippen molar-refractivity contribution in [2.75, 3.05) is 0 Å². The Morgan fingerprint density at radius 2 is 1.06 bits per heavy atom. The van der Waals surface area contributed by atoms with Crippen LogP contribution in [0.5, 0.6) is 0 Å². The number of thiophene rings is 1. The van der Waals surface area contributed by atoms with Crippen LogP contribution in [0.15, 0.2) is 103 Å². The van der Waals surface area contributed by atoms with Gasteiger partial charge in [-0.25, -0.2) is 0 Å².